The highest BCUT2D eigenvalue weighted by molar-refractivity contribution is 7.90. The maximum absolute atomic E-state index is 11.2. The number of carboxylic acid groups (broad SMARTS) is 1. The number of sulfone groups is 1. The number of hydrogen-bond donors (Lipinski definition) is 3. The maximum atomic E-state index is 11.2. The van der Waals surface area contributed by atoms with Crippen LogP contribution in [0, 0.1) is 0 Å². The van der Waals surface area contributed by atoms with Crippen LogP contribution in [0.5, 0.6) is 0 Å². The molecule has 2 atom stereocenters. The molecule has 0 aliphatic heterocycles. The Morgan fingerprint density at radius 2 is 1.94 bits per heavy atom. The molecule has 0 bridgehead atoms. The molecule has 0 aliphatic carbocycles. The fourth-order valence-electron chi connectivity index (χ4n) is 0.882. The molecular formula is C8H15NO5S2. The van der Waals surface area contributed by atoms with Crippen LogP contribution >= 0.6 is 12.6 Å². The quantitative estimate of drug-likeness (QED) is 0.554. The SMILES string of the molecule is CC(S)C(=O)NC(CCS(C)(=O)=O)C(=O)O. The minimum atomic E-state index is -3.24. The summed E-state index contributed by atoms with van der Waals surface area (Å²) in [5, 5.41) is 10.3. The Morgan fingerprint density at radius 3 is 2.25 bits per heavy atom. The van der Waals surface area contributed by atoms with Crippen LogP contribution in [0.4, 0.5) is 0 Å². The van der Waals surface area contributed by atoms with Crippen molar-refractivity contribution in [3.05, 3.63) is 0 Å². The van der Waals surface area contributed by atoms with E-state index < -0.39 is 33.0 Å². The first-order chi connectivity index (χ1) is 7.13. The third kappa shape index (κ3) is 6.67. The highest BCUT2D eigenvalue weighted by Gasteiger charge is 2.22. The molecule has 0 heterocycles. The van der Waals surface area contributed by atoms with Crippen molar-refractivity contribution in [3.8, 4) is 0 Å². The minimum Gasteiger partial charge on any atom is -0.480 e. The second-order valence-corrected chi connectivity index (χ2v) is 6.53. The molecule has 6 nitrogen and oxygen atoms in total. The number of carbonyl (C=O) groups is 2. The highest BCUT2D eigenvalue weighted by atomic mass is 32.2. The third-order valence-electron chi connectivity index (χ3n) is 1.77. The van der Waals surface area contributed by atoms with Crippen molar-refractivity contribution in [2.24, 2.45) is 0 Å². The Hall–Kier alpha value is -0.760. The number of hydrogen-bond acceptors (Lipinski definition) is 5. The fraction of sp³-hybridized carbons (Fsp3) is 0.750. The van der Waals surface area contributed by atoms with Crippen molar-refractivity contribution in [2.45, 2.75) is 24.6 Å². The van der Waals surface area contributed by atoms with E-state index in [0.29, 0.717) is 0 Å². The third-order valence-corrected chi connectivity index (χ3v) is 2.98. The Morgan fingerprint density at radius 1 is 1.44 bits per heavy atom. The van der Waals surface area contributed by atoms with Crippen molar-refractivity contribution in [3.63, 3.8) is 0 Å². The lowest BCUT2D eigenvalue weighted by atomic mass is 10.2. The molecule has 2 unspecified atom stereocenters. The molecule has 2 N–H and O–H groups in total. The van der Waals surface area contributed by atoms with Crippen LogP contribution in [-0.4, -0.2) is 48.7 Å². The van der Waals surface area contributed by atoms with Crippen LogP contribution in [-0.2, 0) is 19.4 Å². The molecule has 0 aromatic heterocycles. The van der Waals surface area contributed by atoms with Gasteiger partial charge in [0.2, 0.25) is 5.91 Å². The normalized spacial score (nSPS) is 15.2. The van der Waals surface area contributed by atoms with Gasteiger partial charge in [-0.1, -0.05) is 0 Å². The van der Waals surface area contributed by atoms with E-state index in [-0.39, 0.29) is 12.2 Å². The number of carboxylic acids is 1. The van der Waals surface area contributed by atoms with Gasteiger partial charge in [0.1, 0.15) is 15.9 Å². The minimum absolute atomic E-state index is 0.152. The van der Waals surface area contributed by atoms with Gasteiger partial charge in [0, 0.05) is 6.26 Å². The van der Waals surface area contributed by atoms with E-state index in [4.69, 9.17) is 5.11 Å². The van der Waals surface area contributed by atoms with Crippen LogP contribution in [0.2, 0.25) is 0 Å². The Bertz CT molecular complexity index is 363. The molecule has 8 heteroatoms. The van der Waals surface area contributed by atoms with Gasteiger partial charge < -0.3 is 10.4 Å². The molecule has 0 spiro atoms. The van der Waals surface area contributed by atoms with Gasteiger partial charge in [-0.05, 0) is 13.3 Å². The van der Waals surface area contributed by atoms with Crippen molar-refractivity contribution in [1.82, 2.24) is 5.32 Å². The number of amides is 1. The van der Waals surface area contributed by atoms with Gasteiger partial charge in [0.05, 0.1) is 11.0 Å². The van der Waals surface area contributed by atoms with Gasteiger partial charge in [-0.2, -0.15) is 12.6 Å². The lowest BCUT2D eigenvalue weighted by molar-refractivity contribution is -0.141. The van der Waals surface area contributed by atoms with Gasteiger partial charge in [-0.25, -0.2) is 13.2 Å². The standard InChI is InChI=1S/C8H15NO5S2/c1-5(15)7(10)9-6(8(11)12)3-4-16(2,13)14/h5-6,15H,3-4H2,1-2H3,(H,9,10)(H,11,12). The van der Waals surface area contributed by atoms with Crippen molar-refractivity contribution >= 4 is 34.3 Å². The lowest BCUT2D eigenvalue weighted by Gasteiger charge is -2.15. The lowest BCUT2D eigenvalue weighted by Crippen LogP contribution is -2.44. The monoisotopic (exact) mass is 269 g/mol. The first-order valence-corrected chi connectivity index (χ1v) is 7.10. The van der Waals surface area contributed by atoms with Crippen LogP contribution < -0.4 is 5.32 Å². The van der Waals surface area contributed by atoms with Gasteiger partial charge in [-0.15, -0.1) is 0 Å². The van der Waals surface area contributed by atoms with E-state index in [1.165, 1.54) is 6.92 Å². The summed E-state index contributed by atoms with van der Waals surface area (Å²) in [5.41, 5.74) is 0. The molecule has 0 rings (SSSR count). The summed E-state index contributed by atoms with van der Waals surface area (Å²) in [5.74, 6) is -2.08. The summed E-state index contributed by atoms with van der Waals surface area (Å²) >= 11 is 3.84. The summed E-state index contributed by atoms with van der Waals surface area (Å²) < 4.78 is 21.7. The number of nitrogens with one attached hydrogen (secondary N) is 1. The average molecular weight is 269 g/mol. The molecule has 0 aliphatic rings. The summed E-state index contributed by atoms with van der Waals surface area (Å²) in [6.45, 7) is 1.49. The summed E-state index contributed by atoms with van der Waals surface area (Å²) in [6, 6.07) is -1.20. The summed E-state index contributed by atoms with van der Waals surface area (Å²) in [4.78, 5) is 21.9. The van der Waals surface area contributed by atoms with E-state index in [2.05, 4.69) is 17.9 Å². The number of rotatable bonds is 6. The topological polar surface area (TPSA) is 101 Å². The Labute approximate surface area is 99.7 Å². The molecule has 0 aromatic rings. The first-order valence-electron chi connectivity index (χ1n) is 4.52. The van der Waals surface area contributed by atoms with E-state index in [1.807, 2.05) is 0 Å². The predicted octanol–water partition coefficient (Wildman–Crippen LogP) is -0.691. The number of aliphatic carboxylic acids is 1. The van der Waals surface area contributed by atoms with E-state index in [9.17, 15) is 18.0 Å². The van der Waals surface area contributed by atoms with E-state index in [0.717, 1.165) is 6.26 Å². The van der Waals surface area contributed by atoms with Gasteiger partial charge >= 0.3 is 5.97 Å². The van der Waals surface area contributed by atoms with Crippen LogP contribution in [0.15, 0.2) is 0 Å². The first kappa shape index (κ1) is 15.2. The number of thiol groups is 1. The Balaban J connectivity index is 4.41. The molecular weight excluding hydrogens is 254 g/mol. The van der Waals surface area contributed by atoms with Crippen LogP contribution in [0.3, 0.4) is 0 Å². The largest absolute Gasteiger partial charge is 0.480 e. The zero-order valence-corrected chi connectivity index (χ0v) is 10.7. The van der Waals surface area contributed by atoms with Crippen molar-refractivity contribution in [1.29, 1.82) is 0 Å². The van der Waals surface area contributed by atoms with Crippen molar-refractivity contribution in [2.75, 3.05) is 12.0 Å². The second kappa shape index (κ2) is 6.09. The molecule has 0 aromatic carbocycles. The molecule has 0 fully saturated rings. The second-order valence-electron chi connectivity index (χ2n) is 3.49. The fourth-order valence-corrected chi connectivity index (χ4v) is 1.62. The van der Waals surface area contributed by atoms with Crippen LogP contribution in [0.1, 0.15) is 13.3 Å². The van der Waals surface area contributed by atoms with Gasteiger partial charge in [0.25, 0.3) is 0 Å². The maximum Gasteiger partial charge on any atom is 0.326 e. The highest BCUT2D eigenvalue weighted by Crippen LogP contribution is 2.00. The molecule has 0 saturated carbocycles. The van der Waals surface area contributed by atoms with E-state index in [1.54, 1.807) is 0 Å². The zero-order chi connectivity index (χ0) is 12.9. The van der Waals surface area contributed by atoms with E-state index >= 15 is 0 Å². The number of carbonyl (C=O) groups excluding carboxylic acids is 1. The van der Waals surface area contributed by atoms with Crippen molar-refractivity contribution < 1.29 is 23.1 Å². The summed E-state index contributed by atoms with van der Waals surface area (Å²) in [7, 11) is -3.24. The van der Waals surface area contributed by atoms with Gasteiger partial charge in [0.15, 0.2) is 0 Å². The molecule has 0 saturated heterocycles. The van der Waals surface area contributed by atoms with Gasteiger partial charge in [-0.3, -0.25) is 4.79 Å². The molecule has 94 valence electrons. The summed E-state index contributed by atoms with van der Waals surface area (Å²) in [6.07, 6.45) is 0.857. The molecule has 1 amide bonds. The molecule has 16 heavy (non-hydrogen) atoms. The van der Waals surface area contributed by atoms with Crippen LogP contribution in [0.25, 0.3) is 0 Å². The average Bonchev–Trinajstić information content (AvgIpc) is 2.09. The Kier molecular flexibility index (Phi) is 5.80. The predicted molar refractivity (Wildman–Crippen MR) is 62.3 cm³/mol. The zero-order valence-electron chi connectivity index (χ0n) is 9.00. The smallest absolute Gasteiger partial charge is 0.326 e. The molecule has 0 radical (unpaired) electrons.